The smallest absolute Gasteiger partial charge is 0.255 e. The van der Waals surface area contributed by atoms with E-state index in [1.54, 1.807) is 49.6 Å². The molecule has 4 rings (SSSR count). The fourth-order valence-electron chi connectivity index (χ4n) is 4.17. The van der Waals surface area contributed by atoms with Gasteiger partial charge in [-0.2, -0.15) is 0 Å². The quantitative estimate of drug-likeness (QED) is 0.587. The van der Waals surface area contributed by atoms with Gasteiger partial charge in [0.25, 0.3) is 5.91 Å². The number of carbonyl (C=O) groups excluding carboxylic acids is 3. The summed E-state index contributed by atoms with van der Waals surface area (Å²) in [6.07, 6.45) is 3.21. The van der Waals surface area contributed by atoms with Crippen LogP contribution in [0.25, 0.3) is 0 Å². The number of rotatable bonds is 5. The van der Waals surface area contributed by atoms with Gasteiger partial charge >= 0.3 is 0 Å². The van der Waals surface area contributed by atoms with Crippen LogP contribution < -0.4 is 19.7 Å². The van der Waals surface area contributed by atoms with Crippen LogP contribution in [-0.2, 0) is 9.59 Å². The summed E-state index contributed by atoms with van der Waals surface area (Å²) in [7, 11) is 3.05. The van der Waals surface area contributed by atoms with Gasteiger partial charge in [0.05, 0.1) is 37.4 Å². The minimum atomic E-state index is -0.376. The number of nitrogens with one attached hydrogen (secondary N) is 1. The number of benzene rings is 2. The van der Waals surface area contributed by atoms with Gasteiger partial charge in [-0.05, 0) is 50.1 Å². The number of hydrogen-bond donors (Lipinski definition) is 1. The van der Waals surface area contributed by atoms with Crippen molar-refractivity contribution in [2.75, 3.05) is 24.4 Å². The molecule has 160 valence electrons. The number of allylic oxidation sites excluding steroid dienone is 2. The molecule has 0 aromatic heterocycles. The molecule has 31 heavy (non-hydrogen) atoms. The van der Waals surface area contributed by atoms with Crippen molar-refractivity contribution in [2.45, 2.75) is 19.8 Å². The van der Waals surface area contributed by atoms with Gasteiger partial charge in [0.15, 0.2) is 0 Å². The highest BCUT2D eigenvalue weighted by molar-refractivity contribution is 6.22. The van der Waals surface area contributed by atoms with Crippen LogP contribution in [0, 0.1) is 11.8 Å². The Morgan fingerprint density at radius 3 is 2.55 bits per heavy atom. The second-order valence-corrected chi connectivity index (χ2v) is 7.79. The van der Waals surface area contributed by atoms with Crippen LogP contribution in [-0.4, -0.2) is 31.9 Å². The van der Waals surface area contributed by atoms with Crippen molar-refractivity contribution in [1.82, 2.24) is 0 Å². The highest BCUT2D eigenvalue weighted by atomic mass is 16.5. The summed E-state index contributed by atoms with van der Waals surface area (Å²) in [6.45, 7) is 1.98. The van der Waals surface area contributed by atoms with Crippen molar-refractivity contribution in [2.24, 2.45) is 11.8 Å². The third-order valence-corrected chi connectivity index (χ3v) is 5.85. The van der Waals surface area contributed by atoms with Crippen molar-refractivity contribution in [3.05, 3.63) is 59.7 Å². The molecule has 0 radical (unpaired) electrons. The van der Waals surface area contributed by atoms with E-state index in [1.165, 1.54) is 12.0 Å². The van der Waals surface area contributed by atoms with Crippen LogP contribution in [0.1, 0.15) is 30.1 Å². The van der Waals surface area contributed by atoms with E-state index in [1.807, 2.05) is 13.0 Å². The van der Waals surface area contributed by atoms with Crippen LogP contribution in [0.15, 0.2) is 54.1 Å². The van der Waals surface area contributed by atoms with E-state index in [0.29, 0.717) is 41.3 Å². The normalized spacial score (nSPS) is 20.2. The lowest BCUT2D eigenvalue weighted by Gasteiger charge is -2.18. The fraction of sp³-hybridized carbons (Fsp3) is 0.292. The lowest BCUT2D eigenvalue weighted by molar-refractivity contribution is -0.122. The highest BCUT2D eigenvalue weighted by Crippen LogP contribution is 2.40. The molecular formula is C24H24N2O5. The zero-order chi connectivity index (χ0) is 22.1. The van der Waals surface area contributed by atoms with E-state index in [2.05, 4.69) is 5.32 Å². The van der Waals surface area contributed by atoms with Gasteiger partial charge in [0.2, 0.25) is 11.8 Å². The summed E-state index contributed by atoms with van der Waals surface area (Å²) in [5.74, 6) is -0.352. The Hall–Kier alpha value is -3.61. The zero-order valence-electron chi connectivity index (χ0n) is 17.7. The second kappa shape index (κ2) is 8.26. The van der Waals surface area contributed by atoms with Crippen LogP contribution in [0.3, 0.4) is 0 Å². The SMILES string of the molecule is COc1ccc(NC(=O)c2cccc(N3C(=O)[C@H]4CC=C(C)C[C@@H]4C3=O)c2)c(OC)c1. The van der Waals surface area contributed by atoms with E-state index in [4.69, 9.17) is 9.47 Å². The Balaban J connectivity index is 1.57. The third-order valence-electron chi connectivity index (χ3n) is 5.85. The van der Waals surface area contributed by atoms with E-state index < -0.39 is 0 Å². The maximum Gasteiger partial charge on any atom is 0.255 e. The summed E-state index contributed by atoms with van der Waals surface area (Å²) in [6, 6.07) is 11.6. The van der Waals surface area contributed by atoms with E-state index in [9.17, 15) is 14.4 Å². The minimum Gasteiger partial charge on any atom is -0.497 e. The summed E-state index contributed by atoms with van der Waals surface area (Å²) in [5, 5.41) is 2.81. The maximum absolute atomic E-state index is 13.0. The van der Waals surface area contributed by atoms with Gasteiger partial charge < -0.3 is 14.8 Å². The van der Waals surface area contributed by atoms with Crippen molar-refractivity contribution >= 4 is 29.1 Å². The van der Waals surface area contributed by atoms with Gasteiger partial charge in [0, 0.05) is 11.6 Å². The van der Waals surface area contributed by atoms with E-state index in [0.717, 1.165) is 5.57 Å². The molecule has 3 amide bonds. The lowest BCUT2D eigenvalue weighted by Crippen LogP contribution is -2.31. The van der Waals surface area contributed by atoms with Crippen LogP contribution in [0.5, 0.6) is 11.5 Å². The van der Waals surface area contributed by atoms with Crippen LogP contribution in [0.4, 0.5) is 11.4 Å². The first-order chi connectivity index (χ1) is 14.9. The molecule has 1 heterocycles. The molecule has 2 atom stereocenters. The average Bonchev–Trinajstić information content (AvgIpc) is 3.03. The van der Waals surface area contributed by atoms with E-state index in [-0.39, 0.29) is 29.6 Å². The van der Waals surface area contributed by atoms with Crippen molar-refractivity contribution < 1.29 is 23.9 Å². The number of hydrogen-bond acceptors (Lipinski definition) is 5. The summed E-state index contributed by atoms with van der Waals surface area (Å²) in [4.78, 5) is 40.0. The Bertz CT molecular complexity index is 1090. The molecule has 1 saturated heterocycles. The van der Waals surface area contributed by atoms with E-state index >= 15 is 0 Å². The molecule has 2 aromatic carbocycles. The summed E-state index contributed by atoms with van der Waals surface area (Å²) in [5.41, 5.74) is 2.36. The number of methoxy groups -OCH3 is 2. The molecule has 0 spiro atoms. The summed E-state index contributed by atoms with van der Waals surface area (Å²) >= 11 is 0. The average molecular weight is 420 g/mol. The molecular weight excluding hydrogens is 396 g/mol. The number of fused-ring (bicyclic) bond motifs is 1. The predicted octanol–water partition coefficient (Wildman–Crippen LogP) is 3.80. The Morgan fingerprint density at radius 2 is 1.81 bits per heavy atom. The van der Waals surface area contributed by atoms with Crippen molar-refractivity contribution in [3.8, 4) is 11.5 Å². The maximum atomic E-state index is 13.0. The highest BCUT2D eigenvalue weighted by Gasteiger charge is 2.48. The van der Waals surface area contributed by atoms with Gasteiger partial charge in [-0.25, -0.2) is 0 Å². The Morgan fingerprint density at radius 1 is 1.03 bits per heavy atom. The van der Waals surface area contributed by atoms with Crippen LogP contribution in [0.2, 0.25) is 0 Å². The summed E-state index contributed by atoms with van der Waals surface area (Å²) < 4.78 is 10.5. The molecule has 0 saturated carbocycles. The molecule has 7 nitrogen and oxygen atoms in total. The molecule has 7 heteroatoms. The fourth-order valence-corrected chi connectivity index (χ4v) is 4.17. The molecule has 2 aliphatic rings. The third kappa shape index (κ3) is 3.79. The standard InChI is InChI=1S/C24H24N2O5/c1-14-7-9-18-19(11-14)24(29)26(23(18)28)16-6-4-5-15(12-16)22(27)25-20-10-8-17(30-2)13-21(20)31-3/h4-8,10,12-13,18-19H,9,11H2,1-3H3,(H,25,27)/t18-,19-/m0/s1. The number of amides is 3. The van der Waals surface area contributed by atoms with Gasteiger partial charge in [0.1, 0.15) is 11.5 Å². The number of anilines is 2. The van der Waals surface area contributed by atoms with Crippen molar-refractivity contribution in [1.29, 1.82) is 0 Å². The first-order valence-electron chi connectivity index (χ1n) is 10.1. The predicted molar refractivity (Wildman–Crippen MR) is 116 cm³/mol. The first kappa shape index (κ1) is 20.7. The number of carbonyl (C=O) groups is 3. The number of imide groups is 1. The molecule has 1 fully saturated rings. The van der Waals surface area contributed by atoms with Crippen LogP contribution >= 0.6 is 0 Å². The first-order valence-corrected chi connectivity index (χ1v) is 10.1. The lowest BCUT2D eigenvalue weighted by atomic mass is 9.82. The minimum absolute atomic E-state index is 0.197. The molecule has 0 unspecified atom stereocenters. The number of ether oxygens (including phenoxy) is 2. The Kier molecular flexibility index (Phi) is 5.50. The zero-order valence-corrected chi connectivity index (χ0v) is 17.7. The largest absolute Gasteiger partial charge is 0.497 e. The molecule has 2 aromatic rings. The molecule has 1 aliphatic carbocycles. The molecule has 0 bridgehead atoms. The van der Waals surface area contributed by atoms with Crippen molar-refractivity contribution in [3.63, 3.8) is 0 Å². The van der Waals surface area contributed by atoms with Gasteiger partial charge in [-0.15, -0.1) is 0 Å². The monoisotopic (exact) mass is 420 g/mol. The van der Waals surface area contributed by atoms with Gasteiger partial charge in [-0.3, -0.25) is 19.3 Å². The second-order valence-electron chi connectivity index (χ2n) is 7.79. The molecule has 1 aliphatic heterocycles. The molecule has 1 N–H and O–H groups in total. The van der Waals surface area contributed by atoms with Gasteiger partial charge in [-0.1, -0.05) is 17.7 Å². The number of nitrogens with zero attached hydrogens (tertiary/aromatic N) is 1. The Labute approximate surface area is 180 Å². The topological polar surface area (TPSA) is 84.9 Å².